The summed E-state index contributed by atoms with van der Waals surface area (Å²) >= 11 is 0. The standard InChI is InChI=1S/C15H19N3O/c19-10-15(12-4-2-1-3-5-12)17-9-14-8-16-11-18(14)13-6-7-13/h1-5,8,11,13,15,17,19H,6-7,9-10H2/t15-/m1/s1. The minimum Gasteiger partial charge on any atom is -0.394 e. The van der Waals surface area contributed by atoms with E-state index in [0.717, 1.165) is 12.1 Å². The van der Waals surface area contributed by atoms with Crippen molar-refractivity contribution in [3.8, 4) is 0 Å². The number of hydrogen-bond donors (Lipinski definition) is 2. The maximum absolute atomic E-state index is 9.51. The van der Waals surface area contributed by atoms with Gasteiger partial charge in [-0.1, -0.05) is 30.3 Å². The van der Waals surface area contributed by atoms with Gasteiger partial charge in [0.2, 0.25) is 0 Å². The summed E-state index contributed by atoms with van der Waals surface area (Å²) in [7, 11) is 0. The third-order valence-corrected chi connectivity index (χ3v) is 3.60. The molecule has 1 saturated carbocycles. The number of imidazole rings is 1. The van der Waals surface area contributed by atoms with Crippen LogP contribution < -0.4 is 5.32 Å². The lowest BCUT2D eigenvalue weighted by Crippen LogP contribution is -2.25. The first-order valence-corrected chi connectivity index (χ1v) is 6.78. The van der Waals surface area contributed by atoms with E-state index in [1.807, 2.05) is 42.9 Å². The molecule has 2 N–H and O–H groups in total. The van der Waals surface area contributed by atoms with Crippen LogP contribution in [0.1, 0.15) is 36.2 Å². The fourth-order valence-corrected chi connectivity index (χ4v) is 2.35. The second-order valence-electron chi connectivity index (χ2n) is 5.05. The molecule has 0 radical (unpaired) electrons. The quantitative estimate of drug-likeness (QED) is 0.832. The molecule has 1 aromatic heterocycles. The number of hydrogen-bond acceptors (Lipinski definition) is 3. The molecule has 2 aromatic rings. The summed E-state index contributed by atoms with van der Waals surface area (Å²) in [6.07, 6.45) is 6.33. The van der Waals surface area contributed by atoms with Gasteiger partial charge in [-0.2, -0.15) is 0 Å². The lowest BCUT2D eigenvalue weighted by molar-refractivity contribution is 0.243. The van der Waals surface area contributed by atoms with Crippen LogP contribution in [-0.4, -0.2) is 21.3 Å². The number of aliphatic hydroxyl groups excluding tert-OH is 1. The van der Waals surface area contributed by atoms with Crippen molar-refractivity contribution < 1.29 is 5.11 Å². The molecule has 1 aromatic carbocycles. The van der Waals surface area contributed by atoms with Crippen molar-refractivity contribution in [2.24, 2.45) is 0 Å². The van der Waals surface area contributed by atoms with Crippen LogP contribution in [0.15, 0.2) is 42.9 Å². The number of benzene rings is 1. The average molecular weight is 257 g/mol. The van der Waals surface area contributed by atoms with Crippen molar-refractivity contribution in [3.05, 3.63) is 54.1 Å². The molecule has 0 aliphatic heterocycles. The Morgan fingerprint density at radius 3 is 2.79 bits per heavy atom. The summed E-state index contributed by atoms with van der Waals surface area (Å²) in [5.74, 6) is 0. The van der Waals surface area contributed by atoms with Crippen molar-refractivity contribution in [2.75, 3.05) is 6.61 Å². The first kappa shape index (κ1) is 12.4. The number of rotatable bonds is 6. The van der Waals surface area contributed by atoms with Crippen LogP contribution in [0.25, 0.3) is 0 Å². The highest BCUT2D eigenvalue weighted by molar-refractivity contribution is 5.19. The van der Waals surface area contributed by atoms with Crippen LogP contribution in [-0.2, 0) is 6.54 Å². The number of aromatic nitrogens is 2. The molecule has 0 spiro atoms. The van der Waals surface area contributed by atoms with Gasteiger partial charge in [-0.15, -0.1) is 0 Å². The van der Waals surface area contributed by atoms with Gasteiger partial charge in [0.05, 0.1) is 24.7 Å². The molecule has 4 heteroatoms. The van der Waals surface area contributed by atoms with Crippen molar-refractivity contribution >= 4 is 0 Å². The van der Waals surface area contributed by atoms with Crippen LogP contribution in [0.2, 0.25) is 0 Å². The van der Waals surface area contributed by atoms with Gasteiger partial charge in [0, 0.05) is 18.8 Å². The molecule has 1 heterocycles. The van der Waals surface area contributed by atoms with E-state index in [1.54, 1.807) is 0 Å². The third-order valence-electron chi connectivity index (χ3n) is 3.60. The van der Waals surface area contributed by atoms with Gasteiger partial charge >= 0.3 is 0 Å². The Kier molecular flexibility index (Phi) is 3.62. The van der Waals surface area contributed by atoms with Crippen LogP contribution in [0.5, 0.6) is 0 Å². The molecule has 1 aliphatic carbocycles. The molecule has 100 valence electrons. The summed E-state index contributed by atoms with van der Waals surface area (Å²) in [6, 6.07) is 10.7. The van der Waals surface area contributed by atoms with E-state index in [2.05, 4.69) is 14.9 Å². The van der Waals surface area contributed by atoms with Gasteiger partial charge in [0.15, 0.2) is 0 Å². The van der Waals surface area contributed by atoms with Crippen molar-refractivity contribution in [3.63, 3.8) is 0 Å². The van der Waals surface area contributed by atoms with Gasteiger partial charge in [0.25, 0.3) is 0 Å². The van der Waals surface area contributed by atoms with E-state index in [1.165, 1.54) is 18.5 Å². The smallest absolute Gasteiger partial charge is 0.0951 e. The van der Waals surface area contributed by atoms with E-state index in [0.29, 0.717) is 6.04 Å². The highest BCUT2D eigenvalue weighted by Gasteiger charge is 2.25. The summed E-state index contributed by atoms with van der Waals surface area (Å²) in [5.41, 5.74) is 2.30. The third kappa shape index (κ3) is 2.85. The van der Waals surface area contributed by atoms with Crippen molar-refractivity contribution in [1.29, 1.82) is 0 Å². The SMILES string of the molecule is OC[C@@H](NCc1cncn1C1CC1)c1ccccc1. The minimum atomic E-state index is -0.0243. The molecule has 1 fully saturated rings. The molecular weight excluding hydrogens is 238 g/mol. The summed E-state index contributed by atoms with van der Waals surface area (Å²) in [4.78, 5) is 4.22. The largest absolute Gasteiger partial charge is 0.394 e. The average Bonchev–Trinajstić information content (AvgIpc) is 3.20. The van der Waals surface area contributed by atoms with Crippen molar-refractivity contribution in [2.45, 2.75) is 31.5 Å². The highest BCUT2D eigenvalue weighted by atomic mass is 16.3. The minimum absolute atomic E-state index is 0.0243. The Hall–Kier alpha value is -1.65. The predicted molar refractivity (Wildman–Crippen MR) is 73.6 cm³/mol. The molecular formula is C15H19N3O. The highest BCUT2D eigenvalue weighted by Crippen LogP contribution is 2.35. The molecule has 3 rings (SSSR count). The number of aliphatic hydroxyl groups is 1. The van der Waals surface area contributed by atoms with Crippen LogP contribution in [0.3, 0.4) is 0 Å². The molecule has 19 heavy (non-hydrogen) atoms. The van der Waals surface area contributed by atoms with Crippen LogP contribution in [0.4, 0.5) is 0 Å². The van der Waals surface area contributed by atoms with Crippen molar-refractivity contribution in [1.82, 2.24) is 14.9 Å². The molecule has 1 aliphatic rings. The second-order valence-corrected chi connectivity index (χ2v) is 5.05. The van der Waals surface area contributed by atoms with Gasteiger partial charge in [-0.25, -0.2) is 4.98 Å². The molecule has 0 saturated heterocycles. The predicted octanol–water partition coefficient (Wildman–Crippen LogP) is 2.04. The van der Waals surface area contributed by atoms with E-state index in [4.69, 9.17) is 0 Å². The Morgan fingerprint density at radius 2 is 2.11 bits per heavy atom. The van der Waals surface area contributed by atoms with Gasteiger partial charge in [-0.3, -0.25) is 0 Å². The Morgan fingerprint density at radius 1 is 1.32 bits per heavy atom. The molecule has 1 atom stereocenters. The zero-order chi connectivity index (χ0) is 13.1. The zero-order valence-electron chi connectivity index (χ0n) is 10.9. The fraction of sp³-hybridized carbons (Fsp3) is 0.400. The van der Waals surface area contributed by atoms with Gasteiger partial charge in [-0.05, 0) is 18.4 Å². The number of nitrogens with zero attached hydrogens (tertiary/aromatic N) is 2. The van der Waals surface area contributed by atoms with E-state index < -0.39 is 0 Å². The normalized spacial score (nSPS) is 16.5. The van der Waals surface area contributed by atoms with Crippen LogP contribution in [0, 0.1) is 0 Å². The fourth-order valence-electron chi connectivity index (χ4n) is 2.35. The van der Waals surface area contributed by atoms with E-state index >= 15 is 0 Å². The molecule has 4 nitrogen and oxygen atoms in total. The number of nitrogens with one attached hydrogen (secondary N) is 1. The molecule has 0 bridgehead atoms. The van der Waals surface area contributed by atoms with Crippen LogP contribution >= 0.6 is 0 Å². The van der Waals surface area contributed by atoms with Gasteiger partial charge in [0.1, 0.15) is 0 Å². The topological polar surface area (TPSA) is 50.1 Å². The lowest BCUT2D eigenvalue weighted by atomic mass is 10.1. The maximum atomic E-state index is 9.51. The molecule has 0 unspecified atom stereocenters. The first-order valence-electron chi connectivity index (χ1n) is 6.78. The maximum Gasteiger partial charge on any atom is 0.0951 e. The Labute approximate surface area is 113 Å². The monoisotopic (exact) mass is 257 g/mol. The van der Waals surface area contributed by atoms with Gasteiger partial charge < -0.3 is 15.0 Å². The molecule has 0 amide bonds. The van der Waals surface area contributed by atoms with E-state index in [-0.39, 0.29) is 12.6 Å². The lowest BCUT2D eigenvalue weighted by Gasteiger charge is -2.17. The first-order chi connectivity index (χ1) is 9.38. The Balaban J connectivity index is 1.65. The summed E-state index contributed by atoms with van der Waals surface area (Å²) in [6.45, 7) is 0.832. The zero-order valence-corrected chi connectivity index (χ0v) is 10.9. The van der Waals surface area contributed by atoms with E-state index in [9.17, 15) is 5.11 Å². The summed E-state index contributed by atoms with van der Waals surface area (Å²) in [5, 5.41) is 12.9. The Bertz CT molecular complexity index is 519. The second kappa shape index (κ2) is 5.55. The summed E-state index contributed by atoms with van der Waals surface area (Å²) < 4.78 is 2.24.